The van der Waals surface area contributed by atoms with Crippen molar-refractivity contribution in [3.8, 4) is 22.4 Å². The first-order valence-corrected chi connectivity index (χ1v) is 23.1. The Hall–Kier alpha value is -6.50. The first-order valence-electron chi connectivity index (χ1n) is 23.1. The number of nitrogens with zero attached hydrogens (tertiary/aromatic N) is 8. The van der Waals surface area contributed by atoms with Crippen molar-refractivity contribution in [2.24, 2.45) is 28.7 Å². The quantitative estimate of drug-likeness (QED) is 0.110. The molecule has 3 aliphatic heterocycles. The van der Waals surface area contributed by atoms with Crippen LogP contribution in [0.25, 0.3) is 33.2 Å². The Labute approximate surface area is 373 Å². The molecule has 6 atom stereocenters. The average molecular weight is 854 g/mol. The summed E-state index contributed by atoms with van der Waals surface area (Å²) in [6.07, 6.45) is 15.4. The minimum absolute atomic E-state index is 0.0476. The van der Waals surface area contributed by atoms with Crippen LogP contribution in [0.5, 0.6) is 0 Å². The van der Waals surface area contributed by atoms with Gasteiger partial charge >= 0.3 is 0 Å². The number of rotatable bonds is 12. The number of amides is 2. The van der Waals surface area contributed by atoms with Gasteiger partial charge in [0.05, 0.1) is 23.1 Å². The van der Waals surface area contributed by atoms with E-state index in [0.717, 1.165) is 108 Å². The van der Waals surface area contributed by atoms with Crippen LogP contribution in [0.2, 0.25) is 0 Å². The van der Waals surface area contributed by atoms with Gasteiger partial charge in [0.1, 0.15) is 23.4 Å². The molecule has 4 fully saturated rings. The van der Waals surface area contributed by atoms with E-state index in [1.54, 1.807) is 36.9 Å². The zero-order chi connectivity index (χ0) is 43.7. The Morgan fingerprint density at radius 2 is 1.20 bits per heavy atom. The van der Waals surface area contributed by atoms with Crippen LogP contribution in [0.4, 0.5) is 17.6 Å². The molecule has 5 aliphatic rings. The molecule has 3 aromatic carbocycles. The number of aromatic amines is 1. The molecule has 6 heterocycles. The number of benzene rings is 3. The van der Waals surface area contributed by atoms with Gasteiger partial charge in [-0.05, 0) is 120 Å². The van der Waals surface area contributed by atoms with Crippen molar-refractivity contribution in [1.82, 2.24) is 39.7 Å². The van der Waals surface area contributed by atoms with Crippen LogP contribution in [0, 0.1) is 23.7 Å². The molecule has 2 saturated heterocycles. The number of anilines is 2. The normalized spacial score (nSPS) is 24.1. The number of H-pyrrole nitrogens is 1. The second kappa shape index (κ2) is 15.6. The molecular formula is C51H55N11O2. The topological polar surface area (TPSA) is 157 Å². The van der Waals surface area contributed by atoms with Gasteiger partial charge in [-0.15, -0.1) is 0 Å². The maximum Gasteiger partial charge on any atom is 0.246 e. The van der Waals surface area contributed by atoms with E-state index in [1.807, 2.05) is 6.20 Å². The van der Waals surface area contributed by atoms with Crippen molar-refractivity contribution in [2.75, 3.05) is 23.7 Å². The number of aromatic nitrogens is 6. The predicted molar refractivity (Wildman–Crippen MR) is 249 cm³/mol. The summed E-state index contributed by atoms with van der Waals surface area (Å²) in [7, 11) is 0. The number of likely N-dealkylation sites (tertiary alicyclic amines) is 2. The summed E-state index contributed by atoms with van der Waals surface area (Å²) in [4.78, 5) is 64.3. The standard InChI is InChI=1S/C51H55N11O2/c1-30(2)43(59-48-52-17-5-18-53-48)45(63)61-28-32-13-15-50(61,25-32)42-24-39-12-10-37(23-40(39)57-42)35-7-8-36-22-38(11-9-34(36)21-35)41-27-56-47(58-41)51-16-14-33(26-51)29-62(51)46(64)44(31(3)4)60-49-54-19-6-20-55-49/h5-12,17-23,27,30-33,43-44H,13-16,24-26,28-29H2,1-4H3,(H,56,58)(H,52,53,59)(H,54,55,60)/t32?,33?,43-,44+,50?,51?/m1/s1. The van der Waals surface area contributed by atoms with E-state index in [0.29, 0.717) is 23.7 Å². The Kier molecular flexibility index (Phi) is 9.84. The highest BCUT2D eigenvalue weighted by molar-refractivity contribution is 6.05. The van der Waals surface area contributed by atoms with Crippen molar-refractivity contribution in [1.29, 1.82) is 0 Å². The van der Waals surface area contributed by atoms with Gasteiger partial charge in [0.15, 0.2) is 0 Å². The monoisotopic (exact) mass is 853 g/mol. The third-order valence-electron chi connectivity index (χ3n) is 14.9. The molecule has 2 amide bonds. The molecule has 13 heteroatoms. The van der Waals surface area contributed by atoms with Gasteiger partial charge in [-0.25, -0.2) is 24.9 Å². The van der Waals surface area contributed by atoms with E-state index >= 15 is 0 Å². The molecule has 4 unspecified atom stereocenters. The SMILES string of the molecule is CC(C)[C@H](Nc1ncccn1)C(=O)N1CC2CCC1(c1ncc(-c3ccc4cc(-c5ccc6c(c5)N=C(C57CCC(CN5C(=O)[C@H](Nc5ncccn5)C(C)C)C7)C6)ccc4c3)[nH]1)C2. The molecule has 2 aliphatic carbocycles. The van der Waals surface area contributed by atoms with Gasteiger partial charge < -0.3 is 25.4 Å². The maximum absolute atomic E-state index is 14.4. The summed E-state index contributed by atoms with van der Waals surface area (Å²) in [5.74, 6) is 3.04. The van der Waals surface area contributed by atoms with Crippen molar-refractivity contribution in [3.63, 3.8) is 0 Å². The van der Waals surface area contributed by atoms with Gasteiger partial charge in [0.25, 0.3) is 0 Å². The van der Waals surface area contributed by atoms with Crippen molar-refractivity contribution in [3.05, 3.63) is 109 Å². The predicted octanol–water partition coefficient (Wildman–Crippen LogP) is 8.60. The van der Waals surface area contributed by atoms with E-state index in [1.165, 1.54) is 5.56 Å². The Morgan fingerprint density at radius 3 is 1.80 bits per heavy atom. The molecule has 11 rings (SSSR count). The Bertz CT molecular complexity index is 2790. The van der Waals surface area contributed by atoms with Crippen LogP contribution >= 0.6 is 0 Å². The molecule has 0 spiro atoms. The summed E-state index contributed by atoms with van der Waals surface area (Å²) >= 11 is 0. The Morgan fingerprint density at radius 1 is 0.672 bits per heavy atom. The largest absolute Gasteiger partial charge is 0.342 e. The molecule has 13 nitrogen and oxygen atoms in total. The second-order valence-corrected chi connectivity index (χ2v) is 19.6. The number of imidazole rings is 1. The fourth-order valence-electron chi connectivity index (χ4n) is 11.6. The number of hydrogen-bond donors (Lipinski definition) is 3. The summed E-state index contributed by atoms with van der Waals surface area (Å²) < 4.78 is 0. The zero-order valence-electron chi connectivity index (χ0n) is 37.0. The van der Waals surface area contributed by atoms with Crippen molar-refractivity contribution < 1.29 is 9.59 Å². The lowest BCUT2D eigenvalue weighted by Crippen LogP contribution is -2.58. The van der Waals surface area contributed by atoms with Gasteiger partial charge in [-0.1, -0.05) is 64.1 Å². The number of nitrogens with one attached hydrogen (secondary N) is 3. The first kappa shape index (κ1) is 40.3. The highest BCUT2D eigenvalue weighted by Gasteiger charge is 2.58. The van der Waals surface area contributed by atoms with Crippen LogP contribution < -0.4 is 10.6 Å². The number of aliphatic imine (C=N–C) groups is 1. The van der Waals surface area contributed by atoms with Crippen molar-refractivity contribution >= 4 is 45.9 Å². The molecule has 3 aromatic heterocycles. The van der Waals surface area contributed by atoms with E-state index in [4.69, 9.17) is 9.98 Å². The number of carbonyl (C=O) groups excluding carboxylic acids is 2. The molecular weight excluding hydrogens is 799 g/mol. The minimum Gasteiger partial charge on any atom is -0.342 e. The summed E-state index contributed by atoms with van der Waals surface area (Å²) in [6.45, 7) is 9.78. The fraction of sp³-hybridized carbons (Fsp3) is 0.412. The number of carbonyl (C=O) groups is 2. The summed E-state index contributed by atoms with van der Waals surface area (Å²) in [5.41, 5.74) is 6.77. The zero-order valence-corrected chi connectivity index (χ0v) is 37.0. The molecule has 326 valence electrons. The summed E-state index contributed by atoms with van der Waals surface area (Å²) in [6, 6.07) is 22.5. The molecule has 2 saturated carbocycles. The Balaban J connectivity index is 0.819. The van der Waals surface area contributed by atoms with E-state index in [2.05, 4.69) is 128 Å². The van der Waals surface area contributed by atoms with E-state index in [-0.39, 0.29) is 29.2 Å². The van der Waals surface area contributed by atoms with Crippen LogP contribution in [0.3, 0.4) is 0 Å². The smallest absolute Gasteiger partial charge is 0.246 e. The fourth-order valence-corrected chi connectivity index (χ4v) is 11.6. The van der Waals surface area contributed by atoms with Gasteiger partial charge in [0, 0.05) is 55.6 Å². The third kappa shape index (κ3) is 6.82. The molecule has 3 N–H and O–H groups in total. The van der Waals surface area contributed by atoms with Crippen LogP contribution in [0.1, 0.15) is 77.6 Å². The van der Waals surface area contributed by atoms with Crippen molar-refractivity contribution in [2.45, 2.75) is 95.8 Å². The maximum atomic E-state index is 14.4. The van der Waals surface area contributed by atoms with Gasteiger partial charge in [-0.2, -0.15) is 0 Å². The van der Waals surface area contributed by atoms with Crippen LogP contribution in [0.15, 0.2) is 103 Å². The average Bonchev–Trinajstić information content (AvgIpc) is 4.19. The summed E-state index contributed by atoms with van der Waals surface area (Å²) in [5, 5.41) is 8.96. The second-order valence-electron chi connectivity index (χ2n) is 19.6. The molecule has 4 bridgehead atoms. The lowest BCUT2D eigenvalue weighted by atomic mass is 9.86. The molecule has 0 radical (unpaired) electrons. The molecule has 6 aromatic rings. The van der Waals surface area contributed by atoms with E-state index in [9.17, 15) is 9.59 Å². The third-order valence-corrected chi connectivity index (χ3v) is 14.9. The minimum atomic E-state index is -0.460. The lowest BCUT2D eigenvalue weighted by molar-refractivity contribution is -0.139. The first-order chi connectivity index (χ1) is 31.1. The van der Waals surface area contributed by atoms with Gasteiger partial charge in [0.2, 0.25) is 23.7 Å². The molecule has 64 heavy (non-hydrogen) atoms. The van der Waals surface area contributed by atoms with Crippen LogP contribution in [-0.2, 0) is 21.5 Å². The van der Waals surface area contributed by atoms with Gasteiger partial charge in [-0.3, -0.25) is 14.6 Å². The number of hydrogen-bond acceptors (Lipinski definition) is 10. The number of fused-ring (bicyclic) bond motifs is 6. The highest BCUT2D eigenvalue weighted by atomic mass is 16.2. The van der Waals surface area contributed by atoms with E-state index < -0.39 is 17.6 Å². The number of piperidine rings is 2. The highest BCUT2D eigenvalue weighted by Crippen LogP contribution is 2.53. The lowest BCUT2D eigenvalue weighted by Gasteiger charge is -2.41. The van der Waals surface area contributed by atoms with Crippen LogP contribution in [-0.4, -0.2) is 87.9 Å².